The zero-order valence-electron chi connectivity index (χ0n) is 6.05. The lowest BCUT2D eigenvalue weighted by Gasteiger charge is -2.09. The predicted molar refractivity (Wildman–Crippen MR) is 46.6 cm³/mol. The number of aromatic nitrogens is 1. The quantitative estimate of drug-likeness (QED) is 0.539. The van der Waals surface area contributed by atoms with E-state index in [1.807, 2.05) is 6.07 Å². The van der Waals surface area contributed by atoms with E-state index >= 15 is 0 Å². The highest BCUT2D eigenvalue weighted by molar-refractivity contribution is 6.30. The molecule has 1 aliphatic carbocycles. The molecule has 1 aromatic heterocycles. The monoisotopic (exact) mass is 165 g/mol. The first kappa shape index (κ1) is 6.86. The fraction of sp³-hybridized carbons (Fsp3) is 0.222. The molecule has 0 fully saturated rings. The van der Waals surface area contributed by atoms with Crippen LogP contribution in [0.4, 0.5) is 0 Å². The van der Waals surface area contributed by atoms with Gasteiger partial charge in [0.2, 0.25) is 0 Å². The largest absolute Gasteiger partial charge is 0.244 e. The van der Waals surface area contributed by atoms with Crippen molar-refractivity contribution in [3.05, 3.63) is 34.6 Å². The highest BCUT2D eigenvalue weighted by Crippen LogP contribution is 2.23. The Hall–Kier alpha value is -0.820. The average molecular weight is 166 g/mol. The number of hydrogen-bond acceptors (Lipinski definition) is 1. The summed E-state index contributed by atoms with van der Waals surface area (Å²) in [7, 11) is 0. The standard InChI is InChI=1S/C9H8ClN/c10-9-8-4-2-1-3-7(8)5-6-11-9/h1,3,5-6H,2,4H2. The number of halogens is 1. The fourth-order valence-corrected chi connectivity index (χ4v) is 1.58. The van der Waals surface area contributed by atoms with Crippen molar-refractivity contribution in [1.29, 1.82) is 0 Å². The maximum atomic E-state index is 5.90. The molecule has 11 heavy (non-hydrogen) atoms. The summed E-state index contributed by atoms with van der Waals surface area (Å²) in [6.45, 7) is 0. The summed E-state index contributed by atoms with van der Waals surface area (Å²) in [5.74, 6) is 0. The van der Waals surface area contributed by atoms with Crippen molar-refractivity contribution in [2.24, 2.45) is 0 Å². The summed E-state index contributed by atoms with van der Waals surface area (Å²) < 4.78 is 0. The number of rotatable bonds is 0. The van der Waals surface area contributed by atoms with E-state index in [2.05, 4.69) is 17.1 Å². The van der Waals surface area contributed by atoms with Gasteiger partial charge in [-0.3, -0.25) is 0 Å². The molecule has 0 aliphatic heterocycles. The van der Waals surface area contributed by atoms with Crippen molar-refractivity contribution in [3.63, 3.8) is 0 Å². The molecule has 1 heterocycles. The maximum Gasteiger partial charge on any atom is 0.132 e. The van der Waals surface area contributed by atoms with Crippen LogP contribution in [-0.2, 0) is 6.42 Å². The van der Waals surface area contributed by atoms with Crippen LogP contribution in [0.3, 0.4) is 0 Å². The second kappa shape index (κ2) is 2.67. The first-order valence-corrected chi connectivity index (χ1v) is 4.05. The van der Waals surface area contributed by atoms with E-state index in [1.165, 1.54) is 11.1 Å². The molecule has 0 saturated heterocycles. The van der Waals surface area contributed by atoms with Crippen LogP contribution in [0.25, 0.3) is 6.08 Å². The minimum atomic E-state index is 0.659. The minimum absolute atomic E-state index is 0.659. The van der Waals surface area contributed by atoms with Gasteiger partial charge in [-0.2, -0.15) is 0 Å². The Morgan fingerprint density at radius 3 is 3.18 bits per heavy atom. The van der Waals surface area contributed by atoms with Crippen molar-refractivity contribution in [2.45, 2.75) is 12.8 Å². The summed E-state index contributed by atoms with van der Waals surface area (Å²) in [6, 6.07) is 2.00. The smallest absolute Gasteiger partial charge is 0.132 e. The first-order chi connectivity index (χ1) is 5.38. The molecule has 2 heteroatoms. The Morgan fingerprint density at radius 2 is 2.36 bits per heavy atom. The molecule has 0 unspecified atom stereocenters. The van der Waals surface area contributed by atoms with Crippen molar-refractivity contribution in [3.8, 4) is 0 Å². The van der Waals surface area contributed by atoms with Crippen LogP contribution in [0.2, 0.25) is 5.15 Å². The molecule has 1 aromatic rings. The summed E-state index contributed by atoms with van der Waals surface area (Å²) in [6.07, 6.45) is 8.12. The highest BCUT2D eigenvalue weighted by Gasteiger charge is 2.07. The third-order valence-corrected chi connectivity index (χ3v) is 2.22. The Labute approximate surface area is 70.7 Å². The molecular formula is C9H8ClN. The molecule has 1 nitrogen and oxygen atoms in total. The number of fused-ring (bicyclic) bond motifs is 1. The van der Waals surface area contributed by atoms with Gasteiger partial charge in [-0.15, -0.1) is 0 Å². The van der Waals surface area contributed by atoms with E-state index in [4.69, 9.17) is 11.6 Å². The van der Waals surface area contributed by atoms with Crippen molar-refractivity contribution in [1.82, 2.24) is 4.98 Å². The average Bonchev–Trinajstić information content (AvgIpc) is 2.06. The number of pyridine rings is 1. The van der Waals surface area contributed by atoms with E-state index in [0.717, 1.165) is 12.8 Å². The molecule has 0 radical (unpaired) electrons. The number of allylic oxidation sites excluding steroid dienone is 1. The lowest BCUT2D eigenvalue weighted by atomic mass is 10.0. The Kier molecular flexibility index (Phi) is 1.66. The molecular weight excluding hydrogens is 158 g/mol. The zero-order chi connectivity index (χ0) is 7.68. The number of nitrogens with zero attached hydrogens (tertiary/aromatic N) is 1. The van der Waals surface area contributed by atoms with Gasteiger partial charge in [-0.05, 0) is 30.0 Å². The maximum absolute atomic E-state index is 5.90. The van der Waals surface area contributed by atoms with E-state index in [1.54, 1.807) is 6.20 Å². The number of hydrogen-bond donors (Lipinski definition) is 0. The van der Waals surface area contributed by atoms with Crippen LogP contribution in [-0.4, -0.2) is 4.98 Å². The van der Waals surface area contributed by atoms with E-state index < -0.39 is 0 Å². The van der Waals surface area contributed by atoms with Crippen LogP contribution < -0.4 is 0 Å². The molecule has 0 amide bonds. The Bertz CT molecular complexity index is 304. The Balaban J connectivity index is 2.60. The van der Waals surface area contributed by atoms with Crippen molar-refractivity contribution in [2.75, 3.05) is 0 Å². The minimum Gasteiger partial charge on any atom is -0.244 e. The van der Waals surface area contributed by atoms with Crippen LogP contribution in [0.1, 0.15) is 17.5 Å². The molecule has 0 atom stereocenters. The van der Waals surface area contributed by atoms with Gasteiger partial charge >= 0.3 is 0 Å². The van der Waals surface area contributed by atoms with E-state index in [-0.39, 0.29) is 0 Å². The van der Waals surface area contributed by atoms with Crippen LogP contribution in [0.15, 0.2) is 18.3 Å². The van der Waals surface area contributed by atoms with Gasteiger partial charge in [0, 0.05) is 6.20 Å². The van der Waals surface area contributed by atoms with Gasteiger partial charge in [0.15, 0.2) is 0 Å². The molecule has 1 aliphatic rings. The van der Waals surface area contributed by atoms with Crippen LogP contribution >= 0.6 is 11.6 Å². The summed E-state index contributed by atoms with van der Waals surface area (Å²) >= 11 is 5.90. The van der Waals surface area contributed by atoms with E-state index in [9.17, 15) is 0 Å². The summed E-state index contributed by atoms with van der Waals surface area (Å²) in [5, 5.41) is 0.659. The molecule has 0 bridgehead atoms. The highest BCUT2D eigenvalue weighted by atomic mass is 35.5. The van der Waals surface area contributed by atoms with Gasteiger partial charge in [-0.1, -0.05) is 23.8 Å². The van der Waals surface area contributed by atoms with E-state index in [0.29, 0.717) is 5.15 Å². The first-order valence-electron chi connectivity index (χ1n) is 3.68. The Morgan fingerprint density at radius 1 is 1.45 bits per heavy atom. The zero-order valence-corrected chi connectivity index (χ0v) is 6.80. The molecule has 0 aromatic carbocycles. The third-order valence-electron chi connectivity index (χ3n) is 1.90. The van der Waals surface area contributed by atoms with Crippen molar-refractivity contribution < 1.29 is 0 Å². The molecule has 0 spiro atoms. The predicted octanol–water partition coefficient (Wildman–Crippen LogP) is 2.69. The van der Waals surface area contributed by atoms with Gasteiger partial charge in [0.25, 0.3) is 0 Å². The van der Waals surface area contributed by atoms with Crippen molar-refractivity contribution >= 4 is 17.7 Å². The van der Waals surface area contributed by atoms with Gasteiger partial charge in [0.05, 0.1) is 0 Å². The lowest BCUT2D eigenvalue weighted by molar-refractivity contribution is 0.971. The molecule has 56 valence electrons. The van der Waals surface area contributed by atoms with Crippen LogP contribution in [0, 0.1) is 0 Å². The molecule has 0 N–H and O–H groups in total. The molecule has 0 saturated carbocycles. The summed E-state index contributed by atoms with van der Waals surface area (Å²) in [5.41, 5.74) is 2.41. The molecule has 2 rings (SSSR count). The van der Waals surface area contributed by atoms with Crippen LogP contribution in [0.5, 0.6) is 0 Å². The van der Waals surface area contributed by atoms with Gasteiger partial charge in [0.1, 0.15) is 5.15 Å². The second-order valence-electron chi connectivity index (χ2n) is 2.61. The second-order valence-corrected chi connectivity index (χ2v) is 2.97. The lowest BCUT2D eigenvalue weighted by Crippen LogP contribution is -1.96. The normalized spacial score (nSPS) is 14.6. The van der Waals surface area contributed by atoms with Gasteiger partial charge < -0.3 is 0 Å². The summed E-state index contributed by atoms with van der Waals surface area (Å²) in [4.78, 5) is 4.02. The SMILES string of the molecule is Clc1nccc2c1CCC=C2. The topological polar surface area (TPSA) is 12.9 Å². The third kappa shape index (κ3) is 1.16. The van der Waals surface area contributed by atoms with Gasteiger partial charge in [-0.25, -0.2) is 4.98 Å². The fourth-order valence-electron chi connectivity index (χ4n) is 1.32.